The zero-order valence-corrected chi connectivity index (χ0v) is 11.1. The van der Waals surface area contributed by atoms with Crippen molar-refractivity contribution in [3.63, 3.8) is 0 Å². The predicted molar refractivity (Wildman–Crippen MR) is 66.0 cm³/mol. The molecule has 1 saturated heterocycles. The second-order valence-corrected chi connectivity index (χ2v) is 4.86. The van der Waals surface area contributed by atoms with Gasteiger partial charge in [0.2, 0.25) is 0 Å². The minimum Gasteiger partial charge on any atom is -0.467 e. The van der Waals surface area contributed by atoms with Crippen LogP contribution in [-0.2, 0) is 19.0 Å². The van der Waals surface area contributed by atoms with Crippen LogP contribution in [0.2, 0.25) is 0 Å². The van der Waals surface area contributed by atoms with Crippen LogP contribution in [0.3, 0.4) is 0 Å². The van der Waals surface area contributed by atoms with Crippen molar-refractivity contribution in [1.29, 1.82) is 0 Å². The largest absolute Gasteiger partial charge is 0.467 e. The van der Waals surface area contributed by atoms with E-state index >= 15 is 0 Å². The number of ether oxygens (including phenoxy) is 3. The second-order valence-electron chi connectivity index (χ2n) is 4.86. The number of methoxy groups -OCH3 is 1. The number of rotatable bonds is 2. The van der Waals surface area contributed by atoms with Crippen molar-refractivity contribution in [3.8, 4) is 0 Å². The van der Waals surface area contributed by atoms with Crippen molar-refractivity contribution < 1.29 is 19.0 Å². The van der Waals surface area contributed by atoms with Gasteiger partial charge in [0.05, 0.1) is 7.11 Å². The maximum Gasteiger partial charge on any atom is 0.338 e. The summed E-state index contributed by atoms with van der Waals surface area (Å²) in [5, 5.41) is 0. The first-order valence-corrected chi connectivity index (χ1v) is 5.93. The van der Waals surface area contributed by atoms with Gasteiger partial charge in [-0.15, -0.1) is 0 Å². The molecule has 0 radical (unpaired) electrons. The van der Waals surface area contributed by atoms with Gasteiger partial charge < -0.3 is 14.2 Å². The van der Waals surface area contributed by atoms with Crippen molar-refractivity contribution in [2.45, 2.75) is 38.8 Å². The van der Waals surface area contributed by atoms with Gasteiger partial charge in [0.1, 0.15) is 6.10 Å². The molecule has 0 spiro atoms. The lowest BCUT2D eigenvalue weighted by Gasteiger charge is -2.18. The minimum atomic E-state index is -0.786. The first-order chi connectivity index (χ1) is 8.44. The molecule has 98 valence electrons. The molecule has 0 aromatic heterocycles. The zero-order valence-electron chi connectivity index (χ0n) is 11.1. The van der Waals surface area contributed by atoms with Crippen LogP contribution in [0.5, 0.6) is 0 Å². The molecule has 0 bridgehead atoms. The molecule has 2 rings (SSSR count). The van der Waals surface area contributed by atoms with E-state index in [-0.39, 0.29) is 0 Å². The number of aryl methyl sites for hydroxylation is 1. The van der Waals surface area contributed by atoms with Crippen molar-refractivity contribution in [2.24, 2.45) is 0 Å². The molecular formula is C14H18O4. The van der Waals surface area contributed by atoms with Crippen LogP contribution in [-0.4, -0.2) is 25.0 Å². The standard InChI is InChI=1S/C14H18O4/c1-9-7-5-6-8-10(9)11-12(13(15)16-4)18-14(2,3)17-11/h5-8,11-12H,1-4H3/t11-,12-/m1/s1. The van der Waals surface area contributed by atoms with E-state index in [4.69, 9.17) is 14.2 Å². The quantitative estimate of drug-likeness (QED) is 0.756. The smallest absolute Gasteiger partial charge is 0.338 e. The molecule has 1 aromatic carbocycles. The fraction of sp³-hybridized carbons (Fsp3) is 0.500. The summed E-state index contributed by atoms with van der Waals surface area (Å²) in [6, 6.07) is 7.80. The maximum atomic E-state index is 11.8. The van der Waals surface area contributed by atoms with Crippen LogP contribution in [0.25, 0.3) is 0 Å². The summed E-state index contributed by atoms with van der Waals surface area (Å²) in [5.41, 5.74) is 2.02. The van der Waals surface area contributed by atoms with E-state index in [9.17, 15) is 4.79 Å². The lowest BCUT2D eigenvalue weighted by molar-refractivity contribution is -0.168. The molecule has 4 nitrogen and oxygen atoms in total. The summed E-state index contributed by atoms with van der Waals surface area (Å²) in [5.74, 6) is -1.19. The molecule has 0 saturated carbocycles. The van der Waals surface area contributed by atoms with Gasteiger partial charge in [-0.3, -0.25) is 0 Å². The number of carbonyl (C=O) groups is 1. The Morgan fingerprint density at radius 1 is 1.28 bits per heavy atom. The number of benzene rings is 1. The molecular weight excluding hydrogens is 232 g/mol. The van der Waals surface area contributed by atoms with E-state index in [1.807, 2.05) is 31.2 Å². The zero-order chi connectivity index (χ0) is 13.3. The predicted octanol–water partition coefficient (Wildman–Crippen LogP) is 2.36. The van der Waals surface area contributed by atoms with Crippen molar-refractivity contribution >= 4 is 5.97 Å². The van der Waals surface area contributed by atoms with Crippen LogP contribution >= 0.6 is 0 Å². The first kappa shape index (κ1) is 13.1. The number of esters is 1. The van der Waals surface area contributed by atoms with Gasteiger partial charge in [-0.05, 0) is 31.9 Å². The summed E-state index contributed by atoms with van der Waals surface area (Å²) >= 11 is 0. The highest BCUT2D eigenvalue weighted by Crippen LogP contribution is 2.39. The number of carbonyl (C=O) groups excluding carboxylic acids is 1. The second kappa shape index (κ2) is 4.71. The number of hydrogen-bond donors (Lipinski definition) is 0. The van der Waals surface area contributed by atoms with Gasteiger partial charge in [-0.2, -0.15) is 0 Å². The van der Waals surface area contributed by atoms with Crippen LogP contribution in [0.15, 0.2) is 24.3 Å². The van der Waals surface area contributed by atoms with Gasteiger partial charge in [-0.1, -0.05) is 24.3 Å². The Bertz CT molecular complexity index is 453. The Kier molecular flexibility index (Phi) is 3.41. The molecule has 1 heterocycles. The van der Waals surface area contributed by atoms with E-state index in [1.54, 1.807) is 13.8 Å². The Morgan fingerprint density at radius 2 is 1.94 bits per heavy atom. The van der Waals surface area contributed by atoms with E-state index in [0.29, 0.717) is 0 Å². The van der Waals surface area contributed by atoms with Crippen LogP contribution in [0, 0.1) is 6.92 Å². The van der Waals surface area contributed by atoms with E-state index in [1.165, 1.54) is 7.11 Å². The Morgan fingerprint density at radius 3 is 2.56 bits per heavy atom. The summed E-state index contributed by atoms with van der Waals surface area (Å²) in [6.45, 7) is 5.57. The third kappa shape index (κ3) is 2.40. The van der Waals surface area contributed by atoms with Crippen LogP contribution in [0.4, 0.5) is 0 Å². The van der Waals surface area contributed by atoms with Crippen molar-refractivity contribution in [3.05, 3.63) is 35.4 Å². The van der Waals surface area contributed by atoms with Gasteiger partial charge in [0.25, 0.3) is 0 Å². The molecule has 1 aliphatic heterocycles. The lowest BCUT2D eigenvalue weighted by Crippen LogP contribution is -2.29. The Labute approximate surface area is 107 Å². The number of hydrogen-bond acceptors (Lipinski definition) is 4. The van der Waals surface area contributed by atoms with E-state index < -0.39 is 24.0 Å². The molecule has 1 fully saturated rings. The molecule has 2 atom stereocenters. The first-order valence-electron chi connectivity index (χ1n) is 5.93. The van der Waals surface area contributed by atoms with E-state index in [0.717, 1.165) is 11.1 Å². The molecule has 18 heavy (non-hydrogen) atoms. The Balaban J connectivity index is 2.35. The van der Waals surface area contributed by atoms with Crippen molar-refractivity contribution in [1.82, 2.24) is 0 Å². The molecule has 0 amide bonds. The molecule has 4 heteroatoms. The highest BCUT2D eigenvalue weighted by atomic mass is 16.8. The third-order valence-electron chi connectivity index (χ3n) is 3.03. The molecule has 1 aromatic rings. The average Bonchev–Trinajstić information content (AvgIpc) is 2.65. The van der Waals surface area contributed by atoms with Gasteiger partial charge in [0.15, 0.2) is 11.9 Å². The highest BCUT2D eigenvalue weighted by Gasteiger charge is 2.46. The monoisotopic (exact) mass is 250 g/mol. The Hall–Kier alpha value is -1.39. The normalized spacial score (nSPS) is 26.0. The van der Waals surface area contributed by atoms with Crippen molar-refractivity contribution in [2.75, 3.05) is 7.11 Å². The molecule has 0 N–H and O–H groups in total. The lowest BCUT2D eigenvalue weighted by atomic mass is 10.00. The minimum absolute atomic E-state index is 0.408. The SMILES string of the molecule is COC(=O)[C@@H]1OC(C)(C)O[C@@H]1c1ccccc1C. The highest BCUT2D eigenvalue weighted by molar-refractivity contribution is 5.76. The van der Waals surface area contributed by atoms with E-state index in [2.05, 4.69) is 0 Å². The molecule has 0 unspecified atom stereocenters. The average molecular weight is 250 g/mol. The van der Waals surface area contributed by atoms with Crippen LogP contribution in [0.1, 0.15) is 31.1 Å². The summed E-state index contributed by atoms with van der Waals surface area (Å²) in [7, 11) is 1.35. The summed E-state index contributed by atoms with van der Waals surface area (Å²) in [4.78, 5) is 11.8. The summed E-state index contributed by atoms with van der Waals surface area (Å²) in [6.07, 6.45) is -1.14. The van der Waals surface area contributed by atoms with Crippen LogP contribution < -0.4 is 0 Å². The topological polar surface area (TPSA) is 44.8 Å². The molecule has 0 aliphatic carbocycles. The van der Waals surface area contributed by atoms with Gasteiger partial charge >= 0.3 is 5.97 Å². The fourth-order valence-corrected chi connectivity index (χ4v) is 2.18. The maximum absolute atomic E-state index is 11.8. The summed E-state index contributed by atoms with van der Waals surface area (Å²) < 4.78 is 16.2. The molecule has 1 aliphatic rings. The fourth-order valence-electron chi connectivity index (χ4n) is 2.18. The van der Waals surface area contributed by atoms with Gasteiger partial charge in [0, 0.05) is 0 Å². The third-order valence-corrected chi connectivity index (χ3v) is 3.03. The van der Waals surface area contributed by atoms with Gasteiger partial charge in [-0.25, -0.2) is 4.79 Å².